The first kappa shape index (κ1) is 22.6. The molecule has 31 heavy (non-hydrogen) atoms. The Kier molecular flexibility index (Phi) is 6.87. The molecule has 0 atom stereocenters. The first-order valence-electron chi connectivity index (χ1n) is 9.94. The quantitative estimate of drug-likeness (QED) is 0.571. The second kappa shape index (κ2) is 9.40. The van der Waals surface area contributed by atoms with Crippen LogP contribution in [0.15, 0.2) is 57.8 Å². The molecule has 164 valence electrons. The summed E-state index contributed by atoms with van der Waals surface area (Å²) < 4.78 is 31.9. The summed E-state index contributed by atoms with van der Waals surface area (Å²) in [5, 5.41) is 10.8. The highest BCUT2D eigenvalue weighted by Gasteiger charge is 2.22. The second-order valence-corrected chi connectivity index (χ2v) is 9.55. The van der Waals surface area contributed by atoms with Gasteiger partial charge in [0.05, 0.1) is 4.90 Å². The average molecular weight is 443 g/mol. The van der Waals surface area contributed by atoms with Crippen LogP contribution in [0.5, 0.6) is 0 Å². The first-order chi connectivity index (χ1) is 14.7. The standard InChI is InChI=1S/C22H26N4O4S/c1-15(2)26(4)31(28,29)19-11-9-18(10-12-19)23-20(27)13-14-21-24-25-22(30-21)17-7-5-16(3)6-8-17/h5-12,15H,13-14H2,1-4H3,(H,23,27). The van der Waals surface area contributed by atoms with Crippen LogP contribution >= 0.6 is 0 Å². The number of nitrogens with zero attached hydrogens (tertiary/aromatic N) is 3. The minimum Gasteiger partial charge on any atom is -0.421 e. The number of carbonyl (C=O) groups excluding carboxylic acids is 1. The normalized spacial score (nSPS) is 11.8. The Hall–Kier alpha value is -3.04. The van der Waals surface area contributed by atoms with E-state index in [1.807, 2.05) is 31.2 Å². The first-order valence-corrected chi connectivity index (χ1v) is 11.4. The third-order valence-electron chi connectivity index (χ3n) is 4.87. The number of carbonyl (C=O) groups is 1. The maximum atomic E-state index is 12.5. The summed E-state index contributed by atoms with van der Waals surface area (Å²) in [5.41, 5.74) is 2.48. The number of amides is 1. The maximum absolute atomic E-state index is 12.5. The zero-order valence-corrected chi connectivity index (χ0v) is 18.8. The summed E-state index contributed by atoms with van der Waals surface area (Å²) in [7, 11) is -2.02. The Balaban J connectivity index is 1.56. The molecule has 0 unspecified atom stereocenters. The van der Waals surface area contributed by atoms with E-state index in [-0.39, 0.29) is 23.3 Å². The molecule has 0 saturated heterocycles. The molecule has 1 amide bonds. The van der Waals surface area contributed by atoms with E-state index in [2.05, 4.69) is 15.5 Å². The number of anilines is 1. The van der Waals surface area contributed by atoms with Crippen LogP contribution in [0.3, 0.4) is 0 Å². The SMILES string of the molecule is Cc1ccc(-c2nnc(CCC(=O)Nc3ccc(S(=O)(=O)N(C)C(C)C)cc3)o2)cc1. The van der Waals surface area contributed by atoms with Gasteiger partial charge in [-0.25, -0.2) is 8.42 Å². The number of hydrogen-bond acceptors (Lipinski definition) is 6. The minimum atomic E-state index is -3.56. The lowest BCUT2D eigenvalue weighted by Crippen LogP contribution is -2.33. The van der Waals surface area contributed by atoms with Gasteiger partial charge in [-0.15, -0.1) is 10.2 Å². The summed E-state index contributed by atoms with van der Waals surface area (Å²) in [6, 6.07) is 13.7. The molecule has 3 aromatic rings. The van der Waals surface area contributed by atoms with Gasteiger partial charge in [-0.3, -0.25) is 4.79 Å². The lowest BCUT2D eigenvalue weighted by Gasteiger charge is -2.21. The molecule has 2 aromatic carbocycles. The molecule has 0 aliphatic heterocycles. The van der Waals surface area contributed by atoms with Crippen molar-refractivity contribution in [3.05, 3.63) is 60.0 Å². The van der Waals surface area contributed by atoms with E-state index in [0.29, 0.717) is 23.9 Å². The number of rotatable bonds is 8. The lowest BCUT2D eigenvalue weighted by atomic mass is 10.1. The van der Waals surface area contributed by atoms with E-state index in [4.69, 9.17) is 4.42 Å². The number of aryl methyl sites for hydroxylation is 2. The third kappa shape index (κ3) is 5.56. The molecule has 1 N–H and O–H groups in total. The van der Waals surface area contributed by atoms with E-state index >= 15 is 0 Å². The second-order valence-electron chi connectivity index (χ2n) is 7.55. The van der Waals surface area contributed by atoms with Crippen molar-refractivity contribution in [2.24, 2.45) is 0 Å². The van der Waals surface area contributed by atoms with Gasteiger partial charge in [-0.2, -0.15) is 4.31 Å². The van der Waals surface area contributed by atoms with Crippen molar-refractivity contribution in [2.45, 2.75) is 44.6 Å². The van der Waals surface area contributed by atoms with Crippen LogP contribution in [0.2, 0.25) is 0 Å². The van der Waals surface area contributed by atoms with Gasteiger partial charge >= 0.3 is 0 Å². The summed E-state index contributed by atoms with van der Waals surface area (Å²) in [6.07, 6.45) is 0.460. The zero-order chi connectivity index (χ0) is 22.6. The number of sulfonamides is 1. The Morgan fingerprint density at radius 3 is 2.32 bits per heavy atom. The van der Waals surface area contributed by atoms with Crippen LogP contribution < -0.4 is 5.32 Å². The molecular formula is C22H26N4O4S. The maximum Gasteiger partial charge on any atom is 0.247 e. The van der Waals surface area contributed by atoms with Crippen LogP contribution in [0.1, 0.15) is 31.7 Å². The van der Waals surface area contributed by atoms with Crippen molar-refractivity contribution in [3.8, 4) is 11.5 Å². The Morgan fingerprint density at radius 2 is 1.71 bits per heavy atom. The molecule has 9 heteroatoms. The van der Waals surface area contributed by atoms with Crippen molar-refractivity contribution in [3.63, 3.8) is 0 Å². The van der Waals surface area contributed by atoms with E-state index in [9.17, 15) is 13.2 Å². The van der Waals surface area contributed by atoms with Gasteiger partial charge in [-0.05, 0) is 57.2 Å². The highest BCUT2D eigenvalue weighted by atomic mass is 32.2. The van der Waals surface area contributed by atoms with E-state index in [1.54, 1.807) is 26.0 Å². The van der Waals surface area contributed by atoms with Gasteiger partial charge < -0.3 is 9.73 Å². The molecule has 0 fully saturated rings. The summed E-state index contributed by atoms with van der Waals surface area (Å²) >= 11 is 0. The third-order valence-corrected chi connectivity index (χ3v) is 6.92. The van der Waals surface area contributed by atoms with E-state index in [1.165, 1.54) is 23.5 Å². The van der Waals surface area contributed by atoms with Crippen LogP contribution in [-0.4, -0.2) is 41.9 Å². The summed E-state index contributed by atoms with van der Waals surface area (Å²) in [4.78, 5) is 12.4. The number of benzene rings is 2. The number of nitrogens with one attached hydrogen (secondary N) is 1. The molecule has 0 aliphatic carbocycles. The predicted molar refractivity (Wildman–Crippen MR) is 118 cm³/mol. The van der Waals surface area contributed by atoms with Crippen LogP contribution in [-0.2, 0) is 21.2 Å². The molecule has 3 rings (SSSR count). The van der Waals surface area contributed by atoms with Crippen molar-refractivity contribution < 1.29 is 17.6 Å². The van der Waals surface area contributed by atoms with Crippen LogP contribution in [0.25, 0.3) is 11.5 Å². The van der Waals surface area contributed by atoms with E-state index < -0.39 is 10.0 Å². The van der Waals surface area contributed by atoms with E-state index in [0.717, 1.165) is 11.1 Å². The number of hydrogen-bond donors (Lipinski definition) is 1. The summed E-state index contributed by atoms with van der Waals surface area (Å²) in [5.74, 6) is 0.562. The van der Waals surface area contributed by atoms with Crippen molar-refractivity contribution in [2.75, 3.05) is 12.4 Å². The average Bonchev–Trinajstić information content (AvgIpc) is 3.21. The fraction of sp³-hybridized carbons (Fsp3) is 0.318. The smallest absolute Gasteiger partial charge is 0.247 e. The summed E-state index contributed by atoms with van der Waals surface area (Å²) in [6.45, 7) is 5.61. The molecule has 0 saturated carbocycles. The minimum absolute atomic E-state index is 0.152. The molecule has 1 heterocycles. The van der Waals surface area contributed by atoms with Crippen molar-refractivity contribution in [1.82, 2.24) is 14.5 Å². The largest absolute Gasteiger partial charge is 0.421 e. The van der Waals surface area contributed by atoms with Crippen molar-refractivity contribution >= 4 is 21.6 Å². The monoisotopic (exact) mass is 442 g/mol. The predicted octanol–water partition coefficient (Wildman–Crippen LogP) is 3.65. The molecule has 0 radical (unpaired) electrons. The van der Waals surface area contributed by atoms with Crippen molar-refractivity contribution in [1.29, 1.82) is 0 Å². The Labute approximate surface area is 182 Å². The molecule has 1 aromatic heterocycles. The van der Waals surface area contributed by atoms with Crippen LogP contribution in [0.4, 0.5) is 5.69 Å². The van der Waals surface area contributed by atoms with Gasteiger partial charge in [-0.1, -0.05) is 17.7 Å². The lowest BCUT2D eigenvalue weighted by molar-refractivity contribution is -0.116. The van der Waals surface area contributed by atoms with Gasteiger partial charge in [0.1, 0.15) is 0 Å². The molecule has 0 aliphatic rings. The van der Waals surface area contributed by atoms with Gasteiger partial charge in [0.15, 0.2) is 0 Å². The Morgan fingerprint density at radius 1 is 1.06 bits per heavy atom. The van der Waals surface area contributed by atoms with Gasteiger partial charge in [0, 0.05) is 37.2 Å². The highest BCUT2D eigenvalue weighted by Crippen LogP contribution is 2.20. The highest BCUT2D eigenvalue weighted by molar-refractivity contribution is 7.89. The zero-order valence-electron chi connectivity index (χ0n) is 18.0. The van der Waals surface area contributed by atoms with Gasteiger partial charge in [0.25, 0.3) is 0 Å². The molecule has 0 bridgehead atoms. The molecule has 0 spiro atoms. The fourth-order valence-electron chi connectivity index (χ4n) is 2.77. The molecular weight excluding hydrogens is 416 g/mol. The topological polar surface area (TPSA) is 105 Å². The molecule has 8 nitrogen and oxygen atoms in total. The van der Waals surface area contributed by atoms with Crippen LogP contribution in [0, 0.1) is 6.92 Å². The Bertz CT molecular complexity index is 1140. The number of aromatic nitrogens is 2. The fourth-order valence-corrected chi connectivity index (χ4v) is 4.13. The van der Waals surface area contributed by atoms with Gasteiger partial charge in [0.2, 0.25) is 27.7 Å².